The zero-order valence-electron chi connectivity index (χ0n) is 10.8. The molecule has 2 aromatic heterocycles. The van der Waals surface area contributed by atoms with Crippen LogP contribution in [0.25, 0.3) is 20.2 Å². The van der Waals surface area contributed by atoms with E-state index in [-0.39, 0.29) is 5.78 Å². The number of carbonyl (C=O) groups is 1. The van der Waals surface area contributed by atoms with Crippen molar-refractivity contribution in [2.45, 2.75) is 0 Å². The number of benzene rings is 2. The fraction of sp³-hybridized carbons (Fsp3) is 0. The molecule has 0 radical (unpaired) electrons. The van der Waals surface area contributed by atoms with Crippen LogP contribution >= 0.6 is 38.6 Å². The lowest BCUT2D eigenvalue weighted by Crippen LogP contribution is -1.96. The average molecular weight is 373 g/mol. The smallest absolute Gasteiger partial charge is 0.204 e. The summed E-state index contributed by atoms with van der Waals surface area (Å²) in [6, 6.07) is 16.1. The van der Waals surface area contributed by atoms with Gasteiger partial charge in [0.25, 0.3) is 0 Å². The molecule has 102 valence electrons. The highest BCUT2D eigenvalue weighted by Crippen LogP contribution is 2.35. The van der Waals surface area contributed by atoms with E-state index in [1.807, 2.05) is 47.8 Å². The minimum Gasteiger partial charge on any atom is -0.288 e. The molecular weight excluding hydrogens is 364 g/mol. The van der Waals surface area contributed by atoms with E-state index in [9.17, 15) is 4.79 Å². The first-order valence-corrected chi connectivity index (χ1v) is 8.92. The molecule has 0 unspecified atom stereocenters. The van der Waals surface area contributed by atoms with Crippen LogP contribution in [0, 0.1) is 0 Å². The monoisotopic (exact) mass is 372 g/mol. The maximum atomic E-state index is 12.8. The second-order valence-corrected chi connectivity index (χ2v) is 7.56. The molecular formula is C17H9BrOS2. The van der Waals surface area contributed by atoms with Gasteiger partial charge in [0, 0.05) is 30.2 Å². The standard InChI is InChI=1S/C17H9BrOS2/c18-13-6-3-5-11-12(9-20-17(11)13)16(19)15-8-10-4-1-2-7-14(10)21-15/h1-9H. The van der Waals surface area contributed by atoms with Crippen molar-refractivity contribution in [1.29, 1.82) is 0 Å². The van der Waals surface area contributed by atoms with Crippen LogP contribution < -0.4 is 0 Å². The normalized spacial score (nSPS) is 11.3. The Hall–Kier alpha value is -1.49. The van der Waals surface area contributed by atoms with Crippen molar-refractivity contribution in [2.75, 3.05) is 0 Å². The predicted octanol–water partition coefficient (Wildman–Crippen LogP) is 6.11. The zero-order valence-corrected chi connectivity index (χ0v) is 14.0. The second kappa shape index (κ2) is 5.05. The van der Waals surface area contributed by atoms with Crippen molar-refractivity contribution in [3.8, 4) is 0 Å². The summed E-state index contributed by atoms with van der Waals surface area (Å²) in [4.78, 5) is 13.6. The predicted molar refractivity (Wildman–Crippen MR) is 94.8 cm³/mol. The fourth-order valence-electron chi connectivity index (χ4n) is 2.42. The van der Waals surface area contributed by atoms with Crippen LogP contribution in [0.2, 0.25) is 0 Å². The second-order valence-electron chi connectivity index (χ2n) is 4.74. The topological polar surface area (TPSA) is 17.1 Å². The highest BCUT2D eigenvalue weighted by molar-refractivity contribution is 9.10. The van der Waals surface area contributed by atoms with Crippen molar-refractivity contribution in [3.05, 3.63) is 68.8 Å². The van der Waals surface area contributed by atoms with E-state index in [1.54, 1.807) is 22.7 Å². The molecule has 0 saturated heterocycles. The summed E-state index contributed by atoms with van der Waals surface area (Å²) in [6.07, 6.45) is 0. The number of thiophene rings is 2. The zero-order chi connectivity index (χ0) is 14.4. The van der Waals surface area contributed by atoms with Gasteiger partial charge in [0.15, 0.2) is 0 Å². The van der Waals surface area contributed by atoms with E-state index < -0.39 is 0 Å². The van der Waals surface area contributed by atoms with E-state index >= 15 is 0 Å². The number of rotatable bonds is 2. The Balaban J connectivity index is 1.88. The summed E-state index contributed by atoms with van der Waals surface area (Å²) in [5.74, 6) is 0.112. The SMILES string of the molecule is O=C(c1cc2ccccc2s1)c1csc2c(Br)cccc12. The molecule has 0 aliphatic heterocycles. The first kappa shape index (κ1) is 13.2. The summed E-state index contributed by atoms with van der Waals surface area (Å²) < 4.78 is 3.32. The van der Waals surface area contributed by atoms with Crippen molar-refractivity contribution in [3.63, 3.8) is 0 Å². The molecule has 0 fully saturated rings. The minimum absolute atomic E-state index is 0.112. The van der Waals surface area contributed by atoms with Gasteiger partial charge in [0.1, 0.15) is 0 Å². The molecule has 0 spiro atoms. The lowest BCUT2D eigenvalue weighted by atomic mass is 10.1. The molecule has 0 aliphatic rings. The molecule has 0 aliphatic carbocycles. The van der Waals surface area contributed by atoms with Gasteiger partial charge in [-0.15, -0.1) is 22.7 Å². The van der Waals surface area contributed by atoms with Crippen molar-refractivity contribution in [1.82, 2.24) is 0 Å². The molecule has 0 amide bonds. The third-order valence-electron chi connectivity index (χ3n) is 3.45. The highest BCUT2D eigenvalue weighted by Gasteiger charge is 2.17. The Kier molecular flexibility index (Phi) is 3.17. The van der Waals surface area contributed by atoms with Gasteiger partial charge < -0.3 is 0 Å². The maximum absolute atomic E-state index is 12.8. The van der Waals surface area contributed by atoms with Crippen LogP contribution in [0.1, 0.15) is 15.2 Å². The number of hydrogen-bond donors (Lipinski definition) is 0. The van der Waals surface area contributed by atoms with Gasteiger partial charge in [-0.2, -0.15) is 0 Å². The van der Waals surface area contributed by atoms with Crippen LogP contribution in [0.5, 0.6) is 0 Å². The van der Waals surface area contributed by atoms with Crippen LogP contribution in [0.3, 0.4) is 0 Å². The summed E-state index contributed by atoms with van der Waals surface area (Å²) in [6.45, 7) is 0. The molecule has 0 N–H and O–H groups in total. The van der Waals surface area contributed by atoms with E-state index in [2.05, 4.69) is 22.0 Å². The Morgan fingerprint density at radius 2 is 1.90 bits per heavy atom. The Bertz CT molecular complexity index is 948. The Morgan fingerprint density at radius 3 is 2.76 bits per heavy atom. The van der Waals surface area contributed by atoms with Crippen LogP contribution in [-0.4, -0.2) is 5.78 Å². The first-order valence-electron chi connectivity index (χ1n) is 6.43. The third kappa shape index (κ3) is 2.14. The summed E-state index contributed by atoms with van der Waals surface area (Å²) in [7, 11) is 0. The van der Waals surface area contributed by atoms with Gasteiger partial charge in [0.2, 0.25) is 5.78 Å². The van der Waals surface area contributed by atoms with E-state index in [0.717, 1.165) is 35.1 Å². The number of hydrogen-bond acceptors (Lipinski definition) is 3. The van der Waals surface area contributed by atoms with Gasteiger partial charge in [-0.3, -0.25) is 4.79 Å². The summed E-state index contributed by atoms with van der Waals surface area (Å²) in [5, 5.41) is 4.12. The van der Waals surface area contributed by atoms with Gasteiger partial charge in [0.05, 0.1) is 4.88 Å². The number of halogens is 1. The molecule has 0 atom stereocenters. The lowest BCUT2D eigenvalue weighted by Gasteiger charge is -1.97. The maximum Gasteiger partial charge on any atom is 0.204 e. The number of carbonyl (C=O) groups excluding carboxylic acids is 1. The summed E-state index contributed by atoms with van der Waals surface area (Å²) in [5.41, 5.74) is 0.794. The van der Waals surface area contributed by atoms with Crippen molar-refractivity contribution in [2.24, 2.45) is 0 Å². The molecule has 0 bridgehead atoms. The van der Waals surface area contributed by atoms with Crippen molar-refractivity contribution < 1.29 is 4.79 Å². The minimum atomic E-state index is 0.112. The van der Waals surface area contributed by atoms with Gasteiger partial charge >= 0.3 is 0 Å². The molecule has 1 nitrogen and oxygen atoms in total. The van der Waals surface area contributed by atoms with E-state index in [1.165, 1.54) is 0 Å². The molecule has 2 heterocycles. The van der Waals surface area contributed by atoms with Crippen molar-refractivity contribution >= 4 is 64.6 Å². The fourth-order valence-corrected chi connectivity index (χ4v) is 5.04. The molecule has 2 aromatic carbocycles. The largest absolute Gasteiger partial charge is 0.288 e. The molecule has 0 saturated carbocycles. The van der Waals surface area contributed by atoms with E-state index in [0.29, 0.717) is 0 Å². The Morgan fingerprint density at radius 1 is 1.05 bits per heavy atom. The van der Waals surface area contributed by atoms with Crippen LogP contribution in [0.4, 0.5) is 0 Å². The van der Waals surface area contributed by atoms with Crippen LogP contribution in [0.15, 0.2) is 58.4 Å². The molecule has 21 heavy (non-hydrogen) atoms. The highest BCUT2D eigenvalue weighted by atomic mass is 79.9. The molecule has 4 rings (SSSR count). The van der Waals surface area contributed by atoms with Gasteiger partial charge in [-0.05, 0) is 39.5 Å². The molecule has 4 aromatic rings. The summed E-state index contributed by atoms with van der Waals surface area (Å²) >= 11 is 6.71. The Labute approximate surface area is 138 Å². The average Bonchev–Trinajstić information content (AvgIpc) is 3.11. The van der Waals surface area contributed by atoms with E-state index in [4.69, 9.17) is 0 Å². The third-order valence-corrected chi connectivity index (χ3v) is 6.51. The number of fused-ring (bicyclic) bond motifs is 2. The van der Waals surface area contributed by atoms with Gasteiger partial charge in [-0.25, -0.2) is 0 Å². The number of ketones is 1. The lowest BCUT2D eigenvalue weighted by molar-refractivity contribution is 0.104. The van der Waals surface area contributed by atoms with Gasteiger partial charge in [-0.1, -0.05) is 30.3 Å². The first-order chi connectivity index (χ1) is 10.2. The molecule has 4 heteroatoms. The van der Waals surface area contributed by atoms with Crippen LogP contribution in [-0.2, 0) is 0 Å². The quantitative estimate of drug-likeness (QED) is 0.388.